The molecule has 0 aliphatic rings. The monoisotopic (exact) mass is 372 g/mol. The van der Waals surface area contributed by atoms with Crippen LogP contribution in [0.15, 0.2) is 29.6 Å². The van der Waals surface area contributed by atoms with Gasteiger partial charge in [-0.2, -0.15) is 0 Å². The molecule has 0 saturated heterocycles. The third-order valence-corrected chi connectivity index (χ3v) is 3.85. The minimum absolute atomic E-state index is 0. The lowest BCUT2D eigenvalue weighted by Gasteiger charge is -2.06. The SMILES string of the molecule is Cl.NCCc1nc(C(=O)NCCNC(=O)c2ccc(F)cc2)cs1. The van der Waals surface area contributed by atoms with Crippen LogP contribution < -0.4 is 16.4 Å². The van der Waals surface area contributed by atoms with Crippen molar-refractivity contribution in [3.63, 3.8) is 0 Å². The first-order valence-electron chi connectivity index (χ1n) is 7.06. The summed E-state index contributed by atoms with van der Waals surface area (Å²) in [6.07, 6.45) is 0.645. The maximum absolute atomic E-state index is 12.8. The van der Waals surface area contributed by atoms with Crippen LogP contribution in [0, 0.1) is 5.82 Å². The number of benzene rings is 1. The smallest absolute Gasteiger partial charge is 0.270 e. The van der Waals surface area contributed by atoms with E-state index in [2.05, 4.69) is 15.6 Å². The molecule has 0 fully saturated rings. The molecule has 0 aliphatic heterocycles. The van der Waals surface area contributed by atoms with Gasteiger partial charge in [0.2, 0.25) is 0 Å². The van der Waals surface area contributed by atoms with Gasteiger partial charge in [-0.3, -0.25) is 9.59 Å². The highest BCUT2D eigenvalue weighted by Gasteiger charge is 2.10. The van der Waals surface area contributed by atoms with Gasteiger partial charge in [-0.25, -0.2) is 9.37 Å². The summed E-state index contributed by atoms with van der Waals surface area (Å²) in [4.78, 5) is 27.8. The number of carbonyl (C=O) groups is 2. The molecular weight excluding hydrogens is 355 g/mol. The third kappa shape index (κ3) is 5.88. The van der Waals surface area contributed by atoms with Gasteiger partial charge in [0.05, 0.1) is 5.01 Å². The number of nitrogens with zero attached hydrogens (tertiary/aromatic N) is 1. The Morgan fingerprint density at radius 2 is 1.75 bits per heavy atom. The summed E-state index contributed by atoms with van der Waals surface area (Å²) >= 11 is 1.39. The first-order chi connectivity index (χ1) is 11.1. The van der Waals surface area contributed by atoms with Crippen LogP contribution in [0.25, 0.3) is 0 Å². The van der Waals surface area contributed by atoms with E-state index in [9.17, 15) is 14.0 Å². The summed E-state index contributed by atoms with van der Waals surface area (Å²) in [7, 11) is 0. The van der Waals surface area contributed by atoms with Crippen molar-refractivity contribution >= 4 is 35.6 Å². The van der Waals surface area contributed by atoms with Crippen molar-refractivity contribution in [2.45, 2.75) is 6.42 Å². The molecule has 130 valence electrons. The van der Waals surface area contributed by atoms with Crippen LogP contribution in [0.4, 0.5) is 4.39 Å². The Morgan fingerprint density at radius 1 is 1.12 bits per heavy atom. The highest BCUT2D eigenvalue weighted by Crippen LogP contribution is 2.09. The van der Waals surface area contributed by atoms with E-state index in [1.165, 1.54) is 35.6 Å². The van der Waals surface area contributed by atoms with Gasteiger partial charge in [-0.05, 0) is 30.8 Å². The Hall–Kier alpha value is -2.03. The highest BCUT2D eigenvalue weighted by molar-refractivity contribution is 7.09. The van der Waals surface area contributed by atoms with Crippen molar-refractivity contribution in [1.82, 2.24) is 15.6 Å². The molecule has 0 aliphatic carbocycles. The Kier molecular flexibility index (Phi) is 8.31. The van der Waals surface area contributed by atoms with Crippen molar-refractivity contribution in [2.24, 2.45) is 5.73 Å². The number of carbonyl (C=O) groups excluding carboxylic acids is 2. The van der Waals surface area contributed by atoms with E-state index in [1.54, 1.807) is 5.38 Å². The molecule has 0 bridgehead atoms. The molecule has 0 unspecified atom stereocenters. The van der Waals surface area contributed by atoms with E-state index >= 15 is 0 Å². The summed E-state index contributed by atoms with van der Waals surface area (Å²) in [6, 6.07) is 5.24. The second-order valence-corrected chi connectivity index (χ2v) is 5.63. The van der Waals surface area contributed by atoms with Crippen LogP contribution in [0.1, 0.15) is 25.9 Å². The van der Waals surface area contributed by atoms with E-state index in [0.29, 0.717) is 24.2 Å². The number of hydrogen-bond acceptors (Lipinski definition) is 5. The second kappa shape index (κ2) is 9.96. The van der Waals surface area contributed by atoms with Crippen molar-refractivity contribution in [3.05, 3.63) is 51.7 Å². The second-order valence-electron chi connectivity index (χ2n) is 4.68. The molecule has 0 radical (unpaired) electrons. The number of amides is 2. The first-order valence-corrected chi connectivity index (χ1v) is 7.94. The summed E-state index contributed by atoms with van der Waals surface area (Å²) in [6.45, 7) is 1.03. The van der Waals surface area contributed by atoms with Gasteiger partial charge in [-0.1, -0.05) is 0 Å². The van der Waals surface area contributed by atoms with Crippen molar-refractivity contribution in [1.29, 1.82) is 0 Å². The van der Waals surface area contributed by atoms with Crippen molar-refractivity contribution in [3.8, 4) is 0 Å². The summed E-state index contributed by atoms with van der Waals surface area (Å²) in [5, 5.41) is 7.81. The molecule has 1 heterocycles. The van der Waals surface area contributed by atoms with Gasteiger partial charge in [0.1, 0.15) is 11.5 Å². The zero-order chi connectivity index (χ0) is 16.7. The number of rotatable bonds is 7. The van der Waals surface area contributed by atoms with Gasteiger partial charge < -0.3 is 16.4 Å². The number of halogens is 2. The van der Waals surface area contributed by atoms with E-state index in [1.807, 2.05) is 0 Å². The van der Waals surface area contributed by atoms with Gasteiger partial charge in [0, 0.05) is 30.5 Å². The van der Waals surface area contributed by atoms with Gasteiger partial charge in [-0.15, -0.1) is 23.7 Å². The first kappa shape index (κ1) is 20.0. The van der Waals surface area contributed by atoms with Crippen LogP contribution in [-0.4, -0.2) is 36.4 Å². The quantitative estimate of drug-likeness (QED) is 0.639. The number of hydrogen-bond donors (Lipinski definition) is 3. The largest absolute Gasteiger partial charge is 0.350 e. The summed E-state index contributed by atoms with van der Waals surface area (Å²) in [5.41, 5.74) is 6.15. The van der Waals surface area contributed by atoms with Crippen molar-refractivity contribution < 1.29 is 14.0 Å². The Labute approximate surface area is 149 Å². The average molecular weight is 373 g/mol. The van der Waals surface area contributed by atoms with Crippen LogP contribution in [0.3, 0.4) is 0 Å². The van der Waals surface area contributed by atoms with E-state index in [-0.39, 0.29) is 37.3 Å². The van der Waals surface area contributed by atoms with E-state index < -0.39 is 5.82 Å². The lowest BCUT2D eigenvalue weighted by molar-refractivity contribution is 0.0925. The van der Waals surface area contributed by atoms with Crippen LogP contribution in [0.5, 0.6) is 0 Å². The number of nitrogens with two attached hydrogens (primary N) is 1. The van der Waals surface area contributed by atoms with Crippen LogP contribution >= 0.6 is 23.7 Å². The van der Waals surface area contributed by atoms with Crippen LogP contribution in [0.2, 0.25) is 0 Å². The molecule has 0 spiro atoms. The molecule has 6 nitrogen and oxygen atoms in total. The fourth-order valence-electron chi connectivity index (χ4n) is 1.80. The molecular formula is C15H18ClFN4O2S. The van der Waals surface area contributed by atoms with Crippen LogP contribution in [-0.2, 0) is 6.42 Å². The molecule has 2 rings (SSSR count). The fraction of sp³-hybridized carbons (Fsp3) is 0.267. The summed E-state index contributed by atoms with van der Waals surface area (Å²) in [5.74, 6) is -1.01. The topological polar surface area (TPSA) is 97.1 Å². The number of aromatic nitrogens is 1. The average Bonchev–Trinajstić information content (AvgIpc) is 3.01. The minimum Gasteiger partial charge on any atom is -0.350 e. The van der Waals surface area contributed by atoms with E-state index in [4.69, 9.17) is 5.73 Å². The molecule has 9 heteroatoms. The Morgan fingerprint density at radius 3 is 2.38 bits per heavy atom. The minimum atomic E-state index is -0.397. The predicted octanol–water partition coefficient (Wildman–Crippen LogP) is 1.36. The van der Waals surface area contributed by atoms with Crippen molar-refractivity contribution in [2.75, 3.05) is 19.6 Å². The van der Waals surface area contributed by atoms with Gasteiger partial charge in [0.15, 0.2) is 0 Å². The number of nitrogens with one attached hydrogen (secondary N) is 2. The standard InChI is InChI=1S/C15H17FN4O2S.ClH/c16-11-3-1-10(2-4-11)14(21)18-7-8-19-15(22)12-9-23-13(20-12)5-6-17;/h1-4,9H,5-8,17H2,(H,18,21)(H,19,22);1H. The fourth-order valence-corrected chi connectivity index (χ4v) is 2.59. The molecule has 0 atom stereocenters. The van der Waals surface area contributed by atoms with E-state index in [0.717, 1.165) is 5.01 Å². The molecule has 24 heavy (non-hydrogen) atoms. The number of thiazole rings is 1. The molecule has 2 aromatic rings. The molecule has 2 amide bonds. The third-order valence-electron chi connectivity index (χ3n) is 2.95. The molecule has 4 N–H and O–H groups in total. The maximum Gasteiger partial charge on any atom is 0.270 e. The van der Waals surface area contributed by atoms with Gasteiger partial charge >= 0.3 is 0 Å². The molecule has 0 saturated carbocycles. The zero-order valence-corrected chi connectivity index (χ0v) is 14.4. The zero-order valence-electron chi connectivity index (χ0n) is 12.8. The highest BCUT2D eigenvalue weighted by atomic mass is 35.5. The normalized spacial score (nSPS) is 9.92. The Bertz CT molecular complexity index is 678. The lowest BCUT2D eigenvalue weighted by atomic mass is 10.2. The van der Waals surface area contributed by atoms with Gasteiger partial charge in [0.25, 0.3) is 11.8 Å². The molecule has 1 aromatic carbocycles. The maximum atomic E-state index is 12.8. The predicted molar refractivity (Wildman–Crippen MR) is 93.2 cm³/mol. The Balaban J connectivity index is 0.00000288. The lowest BCUT2D eigenvalue weighted by Crippen LogP contribution is -2.34. The summed E-state index contributed by atoms with van der Waals surface area (Å²) < 4.78 is 12.8. The molecule has 1 aromatic heterocycles.